The molecule has 140 valence electrons. The van der Waals surface area contributed by atoms with Gasteiger partial charge in [-0.3, -0.25) is 4.90 Å². The van der Waals surface area contributed by atoms with Crippen molar-refractivity contribution in [2.45, 2.75) is 6.42 Å². The number of ether oxygens (including phenoxy) is 3. The SMILES string of the molecule is N#Cc1ccccc1N1CCN(CCCOc2ccc3c(c2)OCO3)CC1. The summed E-state index contributed by atoms with van der Waals surface area (Å²) in [5.41, 5.74) is 1.80. The van der Waals surface area contributed by atoms with Gasteiger partial charge < -0.3 is 19.1 Å². The molecule has 1 fully saturated rings. The van der Waals surface area contributed by atoms with Crippen LogP contribution >= 0.6 is 0 Å². The molecule has 0 saturated carbocycles. The zero-order valence-electron chi connectivity index (χ0n) is 15.3. The molecule has 0 unspecified atom stereocenters. The van der Waals surface area contributed by atoms with E-state index in [0.717, 1.165) is 67.6 Å². The van der Waals surface area contributed by atoms with E-state index >= 15 is 0 Å². The van der Waals surface area contributed by atoms with Gasteiger partial charge in [0.15, 0.2) is 11.5 Å². The minimum absolute atomic E-state index is 0.281. The standard InChI is InChI=1S/C21H23N3O3/c22-15-17-4-1-2-5-19(17)24-11-9-23(10-12-24)8-3-13-25-18-6-7-20-21(14-18)27-16-26-20/h1-2,4-7,14H,3,8-13,16H2. The molecule has 0 bridgehead atoms. The maximum absolute atomic E-state index is 9.27. The number of hydrogen-bond donors (Lipinski definition) is 0. The second kappa shape index (κ2) is 8.19. The predicted octanol–water partition coefficient (Wildman–Crippen LogP) is 2.88. The number of nitrogens with zero attached hydrogens (tertiary/aromatic N) is 3. The Balaban J connectivity index is 1.19. The molecular weight excluding hydrogens is 342 g/mol. The molecule has 0 N–H and O–H groups in total. The van der Waals surface area contributed by atoms with Crippen LogP contribution in [0.3, 0.4) is 0 Å². The van der Waals surface area contributed by atoms with Crippen molar-refractivity contribution < 1.29 is 14.2 Å². The fourth-order valence-corrected chi connectivity index (χ4v) is 3.50. The van der Waals surface area contributed by atoms with Crippen LogP contribution in [-0.2, 0) is 0 Å². The van der Waals surface area contributed by atoms with E-state index in [9.17, 15) is 5.26 Å². The van der Waals surface area contributed by atoms with E-state index in [1.807, 2.05) is 42.5 Å². The lowest BCUT2D eigenvalue weighted by Crippen LogP contribution is -2.47. The van der Waals surface area contributed by atoms with Gasteiger partial charge >= 0.3 is 0 Å². The van der Waals surface area contributed by atoms with Crippen molar-refractivity contribution in [3.05, 3.63) is 48.0 Å². The molecule has 2 aromatic carbocycles. The van der Waals surface area contributed by atoms with Crippen molar-refractivity contribution in [1.29, 1.82) is 5.26 Å². The summed E-state index contributed by atoms with van der Waals surface area (Å²) < 4.78 is 16.5. The Labute approximate surface area is 159 Å². The summed E-state index contributed by atoms with van der Waals surface area (Å²) >= 11 is 0. The van der Waals surface area contributed by atoms with Crippen molar-refractivity contribution in [3.63, 3.8) is 0 Å². The van der Waals surface area contributed by atoms with Crippen LogP contribution in [0.5, 0.6) is 17.2 Å². The topological polar surface area (TPSA) is 58.0 Å². The van der Waals surface area contributed by atoms with Gasteiger partial charge in [-0.05, 0) is 30.7 Å². The van der Waals surface area contributed by atoms with E-state index in [1.165, 1.54) is 0 Å². The molecule has 0 aromatic heterocycles. The Bertz CT molecular complexity index is 826. The lowest BCUT2D eigenvalue weighted by molar-refractivity contribution is 0.173. The number of nitriles is 1. The minimum atomic E-state index is 0.281. The van der Waals surface area contributed by atoms with Crippen LogP contribution in [-0.4, -0.2) is 51.0 Å². The molecule has 6 heteroatoms. The number of piperazine rings is 1. The Hall–Kier alpha value is -2.91. The van der Waals surface area contributed by atoms with Crippen molar-refractivity contribution in [1.82, 2.24) is 4.90 Å². The highest BCUT2D eigenvalue weighted by molar-refractivity contribution is 5.59. The van der Waals surface area contributed by atoms with Crippen LogP contribution in [0.15, 0.2) is 42.5 Å². The summed E-state index contributed by atoms with van der Waals surface area (Å²) in [6, 6.07) is 15.8. The van der Waals surface area contributed by atoms with E-state index in [2.05, 4.69) is 15.9 Å². The molecule has 2 aromatic rings. The smallest absolute Gasteiger partial charge is 0.231 e. The highest BCUT2D eigenvalue weighted by atomic mass is 16.7. The molecule has 2 aliphatic rings. The van der Waals surface area contributed by atoms with Crippen LogP contribution < -0.4 is 19.1 Å². The first-order valence-electron chi connectivity index (χ1n) is 9.32. The van der Waals surface area contributed by atoms with Crippen LogP contribution in [0.4, 0.5) is 5.69 Å². The van der Waals surface area contributed by atoms with E-state index in [4.69, 9.17) is 14.2 Å². The molecule has 2 aliphatic heterocycles. The van der Waals surface area contributed by atoms with Gasteiger partial charge in [0.2, 0.25) is 6.79 Å². The van der Waals surface area contributed by atoms with Crippen molar-refractivity contribution in [2.75, 3.05) is 51.0 Å². The lowest BCUT2D eigenvalue weighted by Gasteiger charge is -2.36. The number of fused-ring (bicyclic) bond motifs is 1. The average Bonchev–Trinajstić information content (AvgIpc) is 3.19. The van der Waals surface area contributed by atoms with Gasteiger partial charge in [-0.15, -0.1) is 0 Å². The fourth-order valence-electron chi connectivity index (χ4n) is 3.50. The monoisotopic (exact) mass is 365 g/mol. The van der Waals surface area contributed by atoms with Crippen LogP contribution in [0.1, 0.15) is 12.0 Å². The summed E-state index contributed by atoms with van der Waals surface area (Å²) in [4.78, 5) is 4.76. The first kappa shape index (κ1) is 17.5. The first-order chi connectivity index (χ1) is 13.3. The molecule has 0 aliphatic carbocycles. The van der Waals surface area contributed by atoms with Gasteiger partial charge in [0, 0.05) is 38.8 Å². The summed E-state index contributed by atoms with van der Waals surface area (Å²) in [5.74, 6) is 2.34. The highest BCUT2D eigenvalue weighted by Crippen LogP contribution is 2.35. The average molecular weight is 365 g/mol. The van der Waals surface area contributed by atoms with Gasteiger partial charge in [-0.1, -0.05) is 12.1 Å². The number of benzene rings is 2. The van der Waals surface area contributed by atoms with E-state index in [1.54, 1.807) is 0 Å². The lowest BCUT2D eigenvalue weighted by atomic mass is 10.1. The molecule has 6 nitrogen and oxygen atoms in total. The molecule has 1 saturated heterocycles. The van der Waals surface area contributed by atoms with Gasteiger partial charge in [-0.2, -0.15) is 5.26 Å². The van der Waals surface area contributed by atoms with Crippen LogP contribution in [0.25, 0.3) is 0 Å². The summed E-state index contributed by atoms with van der Waals surface area (Å²) in [6.45, 7) is 5.87. The molecule has 0 spiro atoms. The Kier molecular flexibility index (Phi) is 5.31. The number of rotatable bonds is 6. The van der Waals surface area contributed by atoms with E-state index in [0.29, 0.717) is 6.61 Å². The van der Waals surface area contributed by atoms with Crippen LogP contribution in [0.2, 0.25) is 0 Å². The van der Waals surface area contributed by atoms with Gasteiger partial charge in [0.25, 0.3) is 0 Å². The Morgan fingerprint density at radius 1 is 1.00 bits per heavy atom. The molecule has 27 heavy (non-hydrogen) atoms. The van der Waals surface area contributed by atoms with E-state index < -0.39 is 0 Å². The molecule has 4 rings (SSSR count). The third-order valence-corrected chi connectivity index (χ3v) is 4.97. The van der Waals surface area contributed by atoms with Crippen molar-refractivity contribution >= 4 is 5.69 Å². The zero-order valence-corrected chi connectivity index (χ0v) is 15.3. The third kappa shape index (κ3) is 4.09. The quantitative estimate of drug-likeness (QED) is 0.734. The van der Waals surface area contributed by atoms with Gasteiger partial charge in [0.1, 0.15) is 11.8 Å². The fraction of sp³-hybridized carbons (Fsp3) is 0.381. The van der Waals surface area contributed by atoms with Gasteiger partial charge in [-0.25, -0.2) is 0 Å². The summed E-state index contributed by atoms with van der Waals surface area (Å²) in [5, 5.41) is 9.27. The number of hydrogen-bond acceptors (Lipinski definition) is 6. The Morgan fingerprint density at radius 2 is 1.81 bits per heavy atom. The summed E-state index contributed by atoms with van der Waals surface area (Å²) in [7, 11) is 0. The second-order valence-corrected chi connectivity index (χ2v) is 6.67. The Morgan fingerprint density at radius 3 is 2.67 bits per heavy atom. The molecular formula is C21H23N3O3. The van der Waals surface area contributed by atoms with Gasteiger partial charge in [0.05, 0.1) is 17.9 Å². The predicted molar refractivity (Wildman–Crippen MR) is 102 cm³/mol. The van der Waals surface area contributed by atoms with E-state index in [-0.39, 0.29) is 6.79 Å². The number of para-hydroxylation sites is 1. The maximum atomic E-state index is 9.27. The molecule has 0 atom stereocenters. The highest BCUT2D eigenvalue weighted by Gasteiger charge is 2.19. The zero-order chi connectivity index (χ0) is 18.5. The van der Waals surface area contributed by atoms with Crippen molar-refractivity contribution in [2.24, 2.45) is 0 Å². The third-order valence-electron chi connectivity index (χ3n) is 4.97. The number of anilines is 1. The minimum Gasteiger partial charge on any atom is -0.493 e. The summed E-state index contributed by atoms with van der Waals surface area (Å²) in [6.07, 6.45) is 0.975. The molecule has 0 amide bonds. The first-order valence-corrected chi connectivity index (χ1v) is 9.32. The normalized spacial score (nSPS) is 16.2. The second-order valence-electron chi connectivity index (χ2n) is 6.67. The molecule has 0 radical (unpaired) electrons. The maximum Gasteiger partial charge on any atom is 0.231 e. The largest absolute Gasteiger partial charge is 0.493 e. The van der Waals surface area contributed by atoms with Crippen molar-refractivity contribution in [3.8, 4) is 23.3 Å². The van der Waals surface area contributed by atoms with Crippen LogP contribution in [0, 0.1) is 11.3 Å². The molecule has 2 heterocycles.